The predicted molar refractivity (Wildman–Crippen MR) is 110 cm³/mol. The summed E-state index contributed by atoms with van der Waals surface area (Å²) in [6.07, 6.45) is 1.28. The molecule has 0 saturated carbocycles. The second-order valence-electron chi connectivity index (χ2n) is 5.94. The number of alkyl halides is 3. The molecule has 0 aliphatic carbocycles. The first-order chi connectivity index (χ1) is 14.1. The topological polar surface area (TPSA) is 90.1 Å². The molecule has 160 valence electrons. The third kappa shape index (κ3) is 5.68. The minimum Gasteiger partial charge on any atom is -0.331 e. The summed E-state index contributed by atoms with van der Waals surface area (Å²) in [5.41, 5.74) is 1.13. The molecule has 0 radical (unpaired) electrons. The summed E-state index contributed by atoms with van der Waals surface area (Å²) in [7, 11) is -3.42. The van der Waals surface area contributed by atoms with E-state index in [-0.39, 0.29) is 23.6 Å². The molecule has 1 atom stereocenters. The van der Waals surface area contributed by atoms with E-state index < -0.39 is 18.8 Å². The lowest BCUT2D eigenvalue weighted by atomic mass is 10.2. The van der Waals surface area contributed by atoms with E-state index in [2.05, 4.69) is 24.7 Å². The minimum atomic E-state index is -3.77. The van der Waals surface area contributed by atoms with Gasteiger partial charge in [0.05, 0.1) is 29.2 Å². The quantitative estimate of drug-likeness (QED) is 0.278. The molecule has 0 aliphatic rings. The molecular weight excluding hydrogens is 484 g/mol. The standard InChI is InChI=1S/C17H14Cl3F2N4O3P/c1-2-28-30(27,26-14-6-4-11(18)7-13(14)19)9-12-5-3-10(8-23-12)15-24-16(29-25-15)17(20,21)22/h3-8H,2,9H2,1H3,(H,26,27). The van der Waals surface area contributed by atoms with Gasteiger partial charge in [0.1, 0.15) is 0 Å². The van der Waals surface area contributed by atoms with Crippen LogP contribution in [0.3, 0.4) is 0 Å². The monoisotopic (exact) mass is 496 g/mol. The Morgan fingerprint density at radius 2 is 2.03 bits per heavy atom. The Labute approximate surface area is 185 Å². The summed E-state index contributed by atoms with van der Waals surface area (Å²) in [5, 5.41) is 3.24. The van der Waals surface area contributed by atoms with Crippen molar-refractivity contribution < 1.29 is 22.4 Å². The van der Waals surface area contributed by atoms with Gasteiger partial charge in [-0.1, -0.05) is 28.4 Å². The van der Waals surface area contributed by atoms with E-state index in [0.29, 0.717) is 22.0 Å². The van der Waals surface area contributed by atoms with E-state index >= 15 is 0 Å². The number of anilines is 1. The summed E-state index contributed by atoms with van der Waals surface area (Å²) in [6, 6.07) is 7.77. The molecule has 0 spiro atoms. The minimum absolute atomic E-state index is 0.0582. The van der Waals surface area contributed by atoms with Gasteiger partial charge in [0.15, 0.2) is 0 Å². The van der Waals surface area contributed by atoms with E-state index in [4.69, 9.17) is 39.3 Å². The number of rotatable bonds is 8. The van der Waals surface area contributed by atoms with Gasteiger partial charge < -0.3 is 14.1 Å². The van der Waals surface area contributed by atoms with Crippen LogP contribution in [0.5, 0.6) is 0 Å². The van der Waals surface area contributed by atoms with Crippen LogP contribution in [-0.2, 0) is 20.6 Å². The maximum atomic E-state index is 13.3. The van der Waals surface area contributed by atoms with Crippen LogP contribution in [0.2, 0.25) is 10.0 Å². The van der Waals surface area contributed by atoms with Crippen LogP contribution in [0, 0.1) is 0 Å². The zero-order chi connectivity index (χ0) is 21.9. The van der Waals surface area contributed by atoms with Crippen LogP contribution >= 0.6 is 42.3 Å². The molecule has 0 amide bonds. The Bertz CT molecular complexity index is 1080. The lowest BCUT2D eigenvalue weighted by Crippen LogP contribution is -2.06. The Hall–Kier alpha value is -1.77. The van der Waals surface area contributed by atoms with Gasteiger partial charge in [-0.2, -0.15) is 13.8 Å². The highest BCUT2D eigenvalue weighted by Gasteiger charge is 2.35. The molecule has 7 nitrogen and oxygen atoms in total. The predicted octanol–water partition coefficient (Wildman–Crippen LogP) is 6.57. The largest absolute Gasteiger partial charge is 0.400 e. The number of halogens is 5. The number of benzene rings is 1. The highest BCUT2D eigenvalue weighted by Crippen LogP contribution is 2.51. The molecule has 1 N–H and O–H groups in total. The van der Waals surface area contributed by atoms with E-state index in [1.165, 1.54) is 18.3 Å². The summed E-state index contributed by atoms with van der Waals surface area (Å²) < 4.78 is 49.2. The molecular formula is C17H14Cl3F2N4O3P. The maximum absolute atomic E-state index is 13.3. The Balaban J connectivity index is 1.79. The Kier molecular flexibility index (Phi) is 6.99. The number of nitrogens with zero attached hydrogens (tertiary/aromatic N) is 3. The van der Waals surface area contributed by atoms with Gasteiger partial charge in [-0.15, -0.1) is 0 Å². The Morgan fingerprint density at radius 3 is 2.60 bits per heavy atom. The zero-order valence-electron chi connectivity index (χ0n) is 15.3. The number of aromatic nitrogens is 3. The second-order valence-corrected chi connectivity index (χ2v) is 9.41. The highest BCUT2D eigenvalue weighted by molar-refractivity contribution is 7.59. The lowest BCUT2D eigenvalue weighted by Gasteiger charge is -2.20. The molecule has 1 aromatic carbocycles. The molecule has 0 aliphatic heterocycles. The third-order valence-corrected chi connectivity index (χ3v) is 6.39. The average molecular weight is 498 g/mol. The van der Waals surface area contributed by atoms with Crippen molar-refractivity contribution in [1.82, 2.24) is 15.1 Å². The molecule has 30 heavy (non-hydrogen) atoms. The lowest BCUT2D eigenvalue weighted by molar-refractivity contribution is 0.0551. The molecule has 0 bridgehead atoms. The van der Waals surface area contributed by atoms with Gasteiger partial charge in [0.25, 0.3) is 7.52 Å². The number of nitrogens with one attached hydrogen (secondary N) is 1. The molecule has 0 fully saturated rings. The van der Waals surface area contributed by atoms with Crippen molar-refractivity contribution in [3.63, 3.8) is 0 Å². The summed E-state index contributed by atoms with van der Waals surface area (Å²) in [5.74, 6) is -1.13. The number of hydrogen-bond donors (Lipinski definition) is 1. The molecule has 1 unspecified atom stereocenters. The fourth-order valence-electron chi connectivity index (χ4n) is 2.41. The molecule has 3 aromatic rings. The van der Waals surface area contributed by atoms with Crippen LogP contribution in [-0.4, -0.2) is 21.7 Å². The van der Waals surface area contributed by atoms with E-state index in [1.54, 1.807) is 25.1 Å². The molecule has 2 heterocycles. The van der Waals surface area contributed by atoms with Crippen molar-refractivity contribution in [2.75, 3.05) is 11.7 Å². The van der Waals surface area contributed by atoms with Gasteiger partial charge >= 0.3 is 11.3 Å². The van der Waals surface area contributed by atoms with Gasteiger partial charge in [-0.05, 0) is 48.9 Å². The third-order valence-electron chi connectivity index (χ3n) is 3.68. The van der Waals surface area contributed by atoms with Crippen LogP contribution < -0.4 is 5.09 Å². The van der Waals surface area contributed by atoms with Crippen molar-refractivity contribution in [3.05, 3.63) is 58.2 Å². The normalized spacial score (nSPS) is 13.8. The first kappa shape index (κ1) is 22.9. The van der Waals surface area contributed by atoms with E-state index in [1.807, 2.05) is 0 Å². The molecule has 0 saturated heterocycles. The molecule has 2 aromatic heterocycles. The van der Waals surface area contributed by atoms with Crippen LogP contribution in [0.15, 0.2) is 41.1 Å². The molecule has 3 rings (SSSR count). The zero-order valence-corrected chi connectivity index (χ0v) is 18.4. The van der Waals surface area contributed by atoms with Crippen LogP contribution in [0.25, 0.3) is 11.4 Å². The van der Waals surface area contributed by atoms with Crippen molar-refractivity contribution in [2.24, 2.45) is 0 Å². The summed E-state index contributed by atoms with van der Waals surface area (Å²) in [6.45, 7) is 1.89. The van der Waals surface area contributed by atoms with Crippen LogP contribution in [0.1, 0.15) is 18.5 Å². The fourth-order valence-corrected chi connectivity index (χ4v) is 4.84. The Morgan fingerprint density at radius 1 is 1.27 bits per heavy atom. The smallest absolute Gasteiger partial charge is 0.331 e. The van der Waals surface area contributed by atoms with Crippen molar-refractivity contribution in [3.8, 4) is 11.4 Å². The van der Waals surface area contributed by atoms with Gasteiger partial charge in [0, 0.05) is 16.8 Å². The average Bonchev–Trinajstić information content (AvgIpc) is 3.15. The maximum Gasteiger partial charge on any atom is 0.400 e. The highest BCUT2D eigenvalue weighted by atomic mass is 35.5. The summed E-state index contributed by atoms with van der Waals surface area (Å²) in [4.78, 5) is 7.72. The van der Waals surface area contributed by atoms with Gasteiger partial charge in [-0.25, -0.2) is 0 Å². The van der Waals surface area contributed by atoms with Crippen molar-refractivity contribution >= 4 is 48.0 Å². The number of pyridine rings is 1. The summed E-state index contributed by atoms with van der Waals surface area (Å²) >= 11 is 16.9. The van der Waals surface area contributed by atoms with Crippen LogP contribution in [0.4, 0.5) is 14.5 Å². The molecule has 13 heteroatoms. The van der Waals surface area contributed by atoms with Crippen molar-refractivity contribution in [2.45, 2.75) is 18.5 Å². The van der Waals surface area contributed by atoms with E-state index in [0.717, 1.165) is 0 Å². The van der Waals surface area contributed by atoms with Gasteiger partial charge in [-0.3, -0.25) is 9.55 Å². The van der Waals surface area contributed by atoms with E-state index in [9.17, 15) is 13.3 Å². The second kappa shape index (κ2) is 9.16. The first-order valence-corrected chi connectivity index (χ1v) is 11.4. The first-order valence-electron chi connectivity index (χ1n) is 8.43. The van der Waals surface area contributed by atoms with Gasteiger partial charge in [0.2, 0.25) is 5.82 Å². The fraction of sp³-hybridized carbons (Fsp3) is 0.235. The SMILES string of the molecule is CCOP(=O)(Cc1ccc(-c2noc(C(F)(F)Cl)n2)cn1)Nc1ccc(Cl)cc1Cl. The van der Waals surface area contributed by atoms with Crippen molar-refractivity contribution in [1.29, 1.82) is 0 Å². The number of hydrogen-bond acceptors (Lipinski definition) is 6.